The van der Waals surface area contributed by atoms with Crippen molar-refractivity contribution in [2.24, 2.45) is 0 Å². The molecule has 2 aliphatic heterocycles. The number of hydrogen-bond donors (Lipinski definition) is 1. The van der Waals surface area contributed by atoms with Crippen molar-refractivity contribution in [3.8, 4) is 0 Å². The maximum atomic E-state index is 12.2. The Labute approximate surface area is 140 Å². The van der Waals surface area contributed by atoms with E-state index in [9.17, 15) is 9.59 Å². The summed E-state index contributed by atoms with van der Waals surface area (Å²) in [6.07, 6.45) is 3.20. The van der Waals surface area contributed by atoms with Crippen LogP contribution in [-0.2, 0) is 9.59 Å². The molecule has 0 bridgehead atoms. The second-order valence-corrected chi connectivity index (χ2v) is 7.43. The maximum absolute atomic E-state index is 12.2. The van der Waals surface area contributed by atoms with Crippen LogP contribution < -0.4 is 5.32 Å². The maximum Gasteiger partial charge on any atom is 0.236 e. The lowest BCUT2D eigenvalue weighted by Crippen LogP contribution is -2.53. The predicted octanol–water partition coefficient (Wildman–Crippen LogP) is 0.531. The fourth-order valence-corrected chi connectivity index (χ4v) is 3.07. The van der Waals surface area contributed by atoms with Crippen LogP contribution in [0.25, 0.3) is 0 Å². The number of carbonyl (C=O) groups is 2. The van der Waals surface area contributed by atoms with Gasteiger partial charge in [0.15, 0.2) is 0 Å². The zero-order chi connectivity index (χ0) is 16.9. The van der Waals surface area contributed by atoms with Crippen LogP contribution in [0.3, 0.4) is 0 Å². The van der Waals surface area contributed by atoms with Crippen molar-refractivity contribution < 1.29 is 9.59 Å². The molecule has 2 aliphatic rings. The summed E-state index contributed by atoms with van der Waals surface area (Å²) < 4.78 is 0. The van der Waals surface area contributed by atoms with Crippen LogP contribution in [0.5, 0.6) is 0 Å². The lowest BCUT2D eigenvalue weighted by atomic mass is 10.0. The summed E-state index contributed by atoms with van der Waals surface area (Å²) in [6.45, 7) is 12.4. The molecule has 2 fully saturated rings. The summed E-state index contributed by atoms with van der Waals surface area (Å²) in [5.74, 6) is 0.358. The van der Waals surface area contributed by atoms with Crippen LogP contribution in [0.15, 0.2) is 0 Å². The minimum atomic E-state index is -0.138. The molecule has 23 heavy (non-hydrogen) atoms. The number of carbonyl (C=O) groups excluding carboxylic acids is 2. The Morgan fingerprint density at radius 2 is 1.43 bits per heavy atom. The van der Waals surface area contributed by atoms with Gasteiger partial charge in [-0.15, -0.1) is 0 Å². The molecule has 2 heterocycles. The van der Waals surface area contributed by atoms with Crippen LogP contribution in [-0.4, -0.2) is 84.4 Å². The Bertz CT molecular complexity index is 411. The zero-order valence-corrected chi connectivity index (χ0v) is 14.9. The van der Waals surface area contributed by atoms with E-state index in [0.717, 1.165) is 58.5 Å². The highest BCUT2D eigenvalue weighted by atomic mass is 16.2. The molecular weight excluding hydrogens is 292 g/mol. The molecule has 0 unspecified atom stereocenters. The van der Waals surface area contributed by atoms with Gasteiger partial charge in [0, 0.05) is 44.8 Å². The first-order valence-corrected chi connectivity index (χ1v) is 8.93. The summed E-state index contributed by atoms with van der Waals surface area (Å²) in [5, 5.41) is 3.08. The van der Waals surface area contributed by atoms with Gasteiger partial charge in [-0.05, 0) is 33.1 Å². The van der Waals surface area contributed by atoms with Crippen molar-refractivity contribution in [1.82, 2.24) is 20.0 Å². The first-order valence-electron chi connectivity index (χ1n) is 8.93. The number of nitrogens with one attached hydrogen (secondary N) is 1. The van der Waals surface area contributed by atoms with E-state index in [1.54, 1.807) is 0 Å². The largest absolute Gasteiger partial charge is 0.350 e. The first-order chi connectivity index (χ1) is 10.9. The van der Waals surface area contributed by atoms with Gasteiger partial charge >= 0.3 is 0 Å². The van der Waals surface area contributed by atoms with E-state index >= 15 is 0 Å². The lowest BCUT2D eigenvalue weighted by Gasteiger charge is -2.35. The van der Waals surface area contributed by atoms with E-state index in [4.69, 9.17) is 0 Å². The topological polar surface area (TPSA) is 55.9 Å². The van der Waals surface area contributed by atoms with Gasteiger partial charge in [-0.25, -0.2) is 0 Å². The summed E-state index contributed by atoms with van der Waals surface area (Å²) in [4.78, 5) is 30.6. The van der Waals surface area contributed by atoms with Gasteiger partial charge in [-0.1, -0.05) is 6.92 Å². The quantitative estimate of drug-likeness (QED) is 0.774. The molecule has 2 amide bonds. The monoisotopic (exact) mass is 324 g/mol. The highest BCUT2D eigenvalue weighted by Gasteiger charge is 2.25. The normalized spacial score (nSPS) is 20.7. The molecule has 0 aromatic rings. The van der Waals surface area contributed by atoms with Crippen LogP contribution >= 0.6 is 0 Å². The third-order valence-corrected chi connectivity index (χ3v) is 5.01. The molecule has 6 heteroatoms. The van der Waals surface area contributed by atoms with E-state index in [1.165, 1.54) is 0 Å². The molecule has 0 aliphatic carbocycles. The van der Waals surface area contributed by atoms with E-state index in [-0.39, 0.29) is 17.4 Å². The molecule has 0 radical (unpaired) electrons. The van der Waals surface area contributed by atoms with Crippen LogP contribution in [0.4, 0.5) is 0 Å². The summed E-state index contributed by atoms with van der Waals surface area (Å²) >= 11 is 0. The number of hydrogen-bond acceptors (Lipinski definition) is 4. The van der Waals surface area contributed by atoms with E-state index in [1.807, 2.05) is 18.7 Å². The van der Waals surface area contributed by atoms with Gasteiger partial charge in [0.25, 0.3) is 0 Å². The van der Waals surface area contributed by atoms with Gasteiger partial charge in [-0.3, -0.25) is 19.4 Å². The van der Waals surface area contributed by atoms with Gasteiger partial charge in [-0.2, -0.15) is 0 Å². The van der Waals surface area contributed by atoms with Crippen molar-refractivity contribution >= 4 is 11.8 Å². The Balaban J connectivity index is 1.67. The highest BCUT2D eigenvalue weighted by Crippen LogP contribution is 2.10. The highest BCUT2D eigenvalue weighted by molar-refractivity contribution is 5.79. The molecule has 132 valence electrons. The Hall–Kier alpha value is -1.14. The minimum Gasteiger partial charge on any atom is -0.350 e. The molecule has 0 aromatic carbocycles. The van der Waals surface area contributed by atoms with Gasteiger partial charge in [0.2, 0.25) is 11.8 Å². The van der Waals surface area contributed by atoms with Crippen molar-refractivity contribution in [3.63, 3.8) is 0 Å². The van der Waals surface area contributed by atoms with Crippen LogP contribution in [0, 0.1) is 0 Å². The van der Waals surface area contributed by atoms with Gasteiger partial charge in [0.05, 0.1) is 13.1 Å². The molecule has 6 nitrogen and oxygen atoms in total. The summed E-state index contributed by atoms with van der Waals surface area (Å²) in [7, 11) is 0. The number of nitrogens with zero attached hydrogens (tertiary/aromatic N) is 3. The number of likely N-dealkylation sites (tertiary alicyclic amines) is 1. The zero-order valence-electron chi connectivity index (χ0n) is 14.9. The molecule has 2 saturated heterocycles. The number of rotatable bonds is 6. The SMILES string of the molecule is CCC(C)(C)NC(=O)CN1CCN(CC(=O)N2CCCC2)CC1. The second-order valence-electron chi connectivity index (χ2n) is 7.43. The average molecular weight is 324 g/mol. The van der Waals surface area contributed by atoms with Crippen molar-refractivity contribution in [2.45, 2.75) is 45.6 Å². The smallest absolute Gasteiger partial charge is 0.236 e. The van der Waals surface area contributed by atoms with Crippen LogP contribution in [0.2, 0.25) is 0 Å². The molecule has 0 spiro atoms. The van der Waals surface area contributed by atoms with Gasteiger partial charge < -0.3 is 10.2 Å². The molecule has 1 N–H and O–H groups in total. The van der Waals surface area contributed by atoms with Crippen molar-refractivity contribution in [1.29, 1.82) is 0 Å². The Morgan fingerprint density at radius 3 is 1.96 bits per heavy atom. The summed E-state index contributed by atoms with van der Waals surface area (Å²) in [5.41, 5.74) is -0.138. The minimum absolute atomic E-state index is 0.0958. The van der Waals surface area contributed by atoms with Crippen LogP contribution in [0.1, 0.15) is 40.0 Å². The third-order valence-electron chi connectivity index (χ3n) is 5.01. The molecular formula is C17H32N4O2. The van der Waals surface area contributed by atoms with E-state index in [0.29, 0.717) is 13.1 Å². The number of piperazine rings is 1. The third kappa shape index (κ3) is 5.77. The van der Waals surface area contributed by atoms with E-state index < -0.39 is 0 Å². The lowest BCUT2D eigenvalue weighted by molar-refractivity contribution is -0.132. The Kier molecular flexibility index (Phi) is 6.41. The fraction of sp³-hybridized carbons (Fsp3) is 0.882. The second kappa shape index (κ2) is 8.11. The van der Waals surface area contributed by atoms with Gasteiger partial charge in [0.1, 0.15) is 0 Å². The van der Waals surface area contributed by atoms with Crippen molar-refractivity contribution in [3.05, 3.63) is 0 Å². The molecule has 0 atom stereocenters. The first kappa shape index (κ1) is 18.2. The molecule has 0 saturated carbocycles. The summed E-state index contributed by atoms with van der Waals surface area (Å²) in [6, 6.07) is 0. The van der Waals surface area contributed by atoms with Crippen molar-refractivity contribution in [2.75, 3.05) is 52.4 Å². The molecule has 2 rings (SSSR count). The standard InChI is InChI=1S/C17H32N4O2/c1-4-17(2,3)18-15(22)13-19-9-11-20(12-10-19)14-16(23)21-7-5-6-8-21/h4-14H2,1-3H3,(H,18,22). The predicted molar refractivity (Wildman–Crippen MR) is 91.2 cm³/mol. The molecule has 0 aromatic heterocycles. The number of amides is 2. The Morgan fingerprint density at radius 1 is 0.913 bits per heavy atom. The average Bonchev–Trinajstić information content (AvgIpc) is 3.03. The van der Waals surface area contributed by atoms with E-state index in [2.05, 4.69) is 22.0 Å². The fourth-order valence-electron chi connectivity index (χ4n) is 3.07.